The molecular formula is C13H18N2O. The molecule has 0 saturated carbocycles. The molecule has 86 valence electrons. The fraction of sp³-hybridized carbons (Fsp3) is 0.308. The van der Waals surface area contributed by atoms with Crippen molar-refractivity contribution in [1.29, 1.82) is 0 Å². The Bertz CT molecular complexity index is 346. The first-order valence-corrected chi connectivity index (χ1v) is 5.34. The number of hydrogen-bond acceptors (Lipinski definition) is 2. The fourth-order valence-corrected chi connectivity index (χ4v) is 1.25. The van der Waals surface area contributed by atoms with Crippen molar-refractivity contribution in [3.8, 4) is 0 Å². The van der Waals surface area contributed by atoms with Gasteiger partial charge in [0.15, 0.2) is 0 Å². The van der Waals surface area contributed by atoms with Crippen molar-refractivity contribution in [2.75, 3.05) is 13.1 Å². The van der Waals surface area contributed by atoms with Crippen LogP contribution in [0.15, 0.2) is 42.5 Å². The summed E-state index contributed by atoms with van der Waals surface area (Å²) in [6.07, 6.45) is 0. The minimum Gasteiger partial charge on any atom is -0.351 e. The van der Waals surface area contributed by atoms with Crippen LogP contribution in [0.3, 0.4) is 0 Å². The van der Waals surface area contributed by atoms with E-state index in [-0.39, 0.29) is 5.91 Å². The number of hydrogen-bond donors (Lipinski definition) is 2. The monoisotopic (exact) mass is 218 g/mol. The number of amides is 1. The van der Waals surface area contributed by atoms with Gasteiger partial charge in [0.05, 0.1) is 6.54 Å². The highest BCUT2D eigenvalue weighted by atomic mass is 16.1. The first-order valence-electron chi connectivity index (χ1n) is 5.34. The van der Waals surface area contributed by atoms with Crippen molar-refractivity contribution in [3.63, 3.8) is 0 Å². The topological polar surface area (TPSA) is 41.1 Å². The van der Waals surface area contributed by atoms with Gasteiger partial charge in [0.25, 0.3) is 0 Å². The van der Waals surface area contributed by atoms with Crippen LogP contribution < -0.4 is 10.6 Å². The zero-order chi connectivity index (χ0) is 11.8. The molecule has 3 nitrogen and oxygen atoms in total. The molecule has 2 N–H and O–H groups in total. The SMILES string of the molecule is C=C(C)CNCC(=O)NCc1ccccc1. The van der Waals surface area contributed by atoms with E-state index in [1.54, 1.807) is 0 Å². The van der Waals surface area contributed by atoms with E-state index in [9.17, 15) is 4.79 Å². The summed E-state index contributed by atoms with van der Waals surface area (Å²) in [6.45, 7) is 7.27. The van der Waals surface area contributed by atoms with Crippen LogP contribution in [-0.2, 0) is 11.3 Å². The molecule has 3 heteroatoms. The molecule has 0 bridgehead atoms. The lowest BCUT2D eigenvalue weighted by molar-refractivity contribution is -0.120. The summed E-state index contributed by atoms with van der Waals surface area (Å²) >= 11 is 0. The molecule has 0 unspecified atom stereocenters. The highest BCUT2D eigenvalue weighted by molar-refractivity contribution is 5.77. The Morgan fingerprint density at radius 3 is 2.56 bits per heavy atom. The zero-order valence-corrected chi connectivity index (χ0v) is 9.62. The van der Waals surface area contributed by atoms with E-state index in [0.29, 0.717) is 19.6 Å². The van der Waals surface area contributed by atoms with Gasteiger partial charge < -0.3 is 10.6 Å². The number of carbonyl (C=O) groups is 1. The number of nitrogens with one attached hydrogen (secondary N) is 2. The molecular weight excluding hydrogens is 200 g/mol. The molecule has 16 heavy (non-hydrogen) atoms. The molecule has 0 atom stereocenters. The van der Waals surface area contributed by atoms with Gasteiger partial charge in [-0.25, -0.2) is 0 Å². The van der Waals surface area contributed by atoms with Crippen LogP contribution in [0.5, 0.6) is 0 Å². The molecule has 0 radical (unpaired) electrons. The number of carbonyl (C=O) groups excluding carboxylic acids is 1. The Morgan fingerprint density at radius 1 is 1.25 bits per heavy atom. The molecule has 0 aromatic heterocycles. The molecule has 0 aliphatic rings. The molecule has 0 aliphatic carbocycles. The third-order valence-electron chi connectivity index (χ3n) is 2.04. The van der Waals surface area contributed by atoms with Gasteiger partial charge in [-0.1, -0.05) is 42.5 Å². The Morgan fingerprint density at radius 2 is 1.94 bits per heavy atom. The van der Waals surface area contributed by atoms with Crippen molar-refractivity contribution in [2.45, 2.75) is 13.5 Å². The summed E-state index contributed by atoms with van der Waals surface area (Å²) in [5.41, 5.74) is 2.13. The molecule has 0 fully saturated rings. The summed E-state index contributed by atoms with van der Waals surface area (Å²) in [7, 11) is 0. The van der Waals surface area contributed by atoms with Crippen LogP contribution in [0.1, 0.15) is 12.5 Å². The fourth-order valence-electron chi connectivity index (χ4n) is 1.25. The highest BCUT2D eigenvalue weighted by Crippen LogP contribution is 1.96. The third kappa shape index (κ3) is 5.32. The van der Waals surface area contributed by atoms with Crippen molar-refractivity contribution in [2.24, 2.45) is 0 Å². The van der Waals surface area contributed by atoms with Gasteiger partial charge in [-0.05, 0) is 12.5 Å². The third-order valence-corrected chi connectivity index (χ3v) is 2.04. The smallest absolute Gasteiger partial charge is 0.234 e. The van der Waals surface area contributed by atoms with E-state index in [1.807, 2.05) is 37.3 Å². The van der Waals surface area contributed by atoms with Gasteiger partial charge in [-0.15, -0.1) is 0 Å². The second-order valence-electron chi connectivity index (χ2n) is 3.82. The van der Waals surface area contributed by atoms with Crippen LogP contribution in [0, 0.1) is 0 Å². The molecule has 1 amide bonds. The normalized spacial score (nSPS) is 9.81. The van der Waals surface area contributed by atoms with Crippen molar-refractivity contribution in [1.82, 2.24) is 10.6 Å². The summed E-state index contributed by atoms with van der Waals surface area (Å²) in [6, 6.07) is 9.85. The predicted molar refractivity (Wildman–Crippen MR) is 66.0 cm³/mol. The van der Waals surface area contributed by atoms with E-state index < -0.39 is 0 Å². The Balaban J connectivity index is 2.18. The molecule has 1 rings (SSSR count). The minimum absolute atomic E-state index is 0.00473. The van der Waals surface area contributed by atoms with Gasteiger partial charge in [-0.2, -0.15) is 0 Å². The molecule has 0 spiro atoms. The van der Waals surface area contributed by atoms with E-state index in [0.717, 1.165) is 11.1 Å². The molecule has 1 aromatic rings. The Kier molecular flexibility index (Phi) is 5.29. The van der Waals surface area contributed by atoms with Crippen molar-refractivity contribution < 1.29 is 4.79 Å². The van der Waals surface area contributed by atoms with E-state index in [2.05, 4.69) is 17.2 Å². The molecule has 1 aromatic carbocycles. The molecule has 0 saturated heterocycles. The van der Waals surface area contributed by atoms with Crippen LogP contribution in [0.4, 0.5) is 0 Å². The van der Waals surface area contributed by atoms with Crippen LogP contribution in [0.25, 0.3) is 0 Å². The summed E-state index contributed by atoms with van der Waals surface area (Å²) in [4.78, 5) is 11.4. The molecule has 0 heterocycles. The highest BCUT2D eigenvalue weighted by Gasteiger charge is 1.99. The summed E-state index contributed by atoms with van der Waals surface area (Å²) < 4.78 is 0. The van der Waals surface area contributed by atoms with Gasteiger partial charge in [-0.3, -0.25) is 4.79 Å². The number of rotatable bonds is 6. The maximum Gasteiger partial charge on any atom is 0.234 e. The first-order chi connectivity index (χ1) is 7.68. The van der Waals surface area contributed by atoms with Gasteiger partial charge >= 0.3 is 0 Å². The average Bonchev–Trinajstić information content (AvgIpc) is 2.27. The predicted octanol–water partition coefficient (Wildman–Crippen LogP) is 1.47. The van der Waals surface area contributed by atoms with Gasteiger partial charge in [0, 0.05) is 13.1 Å². The maximum absolute atomic E-state index is 11.4. The van der Waals surface area contributed by atoms with E-state index in [1.165, 1.54) is 0 Å². The lowest BCUT2D eigenvalue weighted by Crippen LogP contribution is -2.34. The van der Waals surface area contributed by atoms with Crippen LogP contribution >= 0.6 is 0 Å². The summed E-state index contributed by atoms with van der Waals surface area (Å²) in [5, 5.41) is 5.85. The Labute approximate surface area is 96.6 Å². The quantitative estimate of drug-likeness (QED) is 0.710. The Hall–Kier alpha value is -1.61. The zero-order valence-electron chi connectivity index (χ0n) is 9.62. The van der Waals surface area contributed by atoms with Crippen LogP contribution in [0.2, 0.25) is 0 Å². The second-order valence-corrected chi connectivity index (χ2v) is 3.82. The van der Waals surface area contributed by atoms with Crippen molar-refractivity contribution >= 4 is 5.91 Å². The largest absolute Gasteiger partial charge is 0.351 e. The molecule has 0 aliphatic heterocycles. The standard InChI is InChI=1S/C13H18N2O/c1-11(2)8-14-10-13(16)15-9-12-6-4-3-5-7-12/h3-7,14H,1,8-10H2,2H3,(H,15,16). The summed E-state index contributed by atoms with van der Waals surface area (Å²) in [5.74, 6) is 0.00473. The lowest BCUT2D eigenvalue weighted by atomic mass is 10.2. The first kappa shape index (κ1) is 12.5. The van der Waals surface area contributed by atoms with Gasteiger partial charge in [0.2, 0.25) is 5.91 Å². The van der Waals surface area contributed by atoms with E-state index in [4.69, 9.17) is 0 Å². The van der Waals surface area contributed by atoms with E-state index >= 15 is 0 Å². The second kappa shape index (κ2) is 6.80. The van der Waals surface area contributed by atoms with Crippen molar-refractivity contribution in [3.05, 3.63) is 48.0 Å². The lowest BCUT2D eigenvalue weighted by Gasteiger charge is -2.06. The number of benzene rings is 1. The average molecular weight is 218 g/mol. The minimum atomic E-state index is 0.00473. The van der Waals surface area contributed by atoms with Crippen LogP contribution in [-0.4, -0.2) is 19.0 Å². The van der Waals surface area contributed by atoms with Gasteiger partial charge in [0.1, 0.15) is 0 Å². The maximum atomic E-state index is 11.4.